The Bertz CT molecular complexity index is 592. The van der Waals surface area contributed by atoms with Crippen molar-refractivity contribution in [1.82, 2.24) is 5.32 Å². The summed E-state index contributed by atoms with van der Waals surface area (Å²) in [6.45, 7) is 4.77. The average molecular weight is 385 g/mol. The monoisotopic (exact) mass is 385 g/mol. The van der Waals surface area contributed by atoms with Gasteiger partial charge in [0.1, 0.15) is 0 Å². The number of rotatable bonds is 4. The molecule has 19 heavy (non-hydrogen) atoms. The van der Waals surface area contributed by atoms with E-state index in [0.717, 1.165) is 21.1 Å². The highest BCUT2D eigenvalue weighted by Gasteiger charge is 2.11. The normalized spacial score (nSPS) is 10.5. The minimum absolute atomic E-state index is 0.00329. The minimum atomic E-state index is 0.00329. The number of carbonyl (C=O) groups excluding carboxylic acids is 1. The first-order chi connectivity index (χ1) is 9.13. The van der Waals surface area contributed by atoms with Crippen molar-refractivity contribution in [3.8, 4) is 0 Å². The first-order valence-electron chi connectivity index (χ1n) is 6.22. The van der Waals surface area contributed by atoms with E-state index in [1.54, 1.807) is 11.3 Å². The molecule has 0 aliphatic rings. The molecule has 0 atom stereocenters. The van der Waals surface area contributed by atoms with Crippen LogP contribution >= 0.6 is 33.9 Å². The third-order valence-corrected chi connectivity index (χ3v) is 5.46. The van der Waals surface area contributed by atoms with E-state index in [1.807, 2.05) is 25.1 Å². The molecule has 2 rings (SSSR count). The van der Waals surface area contributed by atoms with E-state index in [1.165, 1.54) is 10.4 Å². The number of halogens is 1. The number of hydrogen-bond donors (Lipinski definition) is 1. The lowest BCUT2D eigenvalue weighted by Crippen LogP contribution is -2.23. The first-order valence-corrected chi connectivity index (χ1v) is 8.18. The van der Waals surface area contributed by atoms with Gasteiger partial charge in [-0.1, -0.05) is 19.1 Å². The molecule has 4 heteroatoms. The smallest absolute Gasteiger partial charge is 0.252 e. The molecule has 1 amide bonds. The first kappa shape index (κ1) is 14.5. The number of aryl methyl sites for hydroxylation is 2. The van der Waals surface area contributed by atoms with Gasteiger partial charge in [-0.15, -0.1) is 11.3 Å². The van der Waals surface area contributed by atoms with Crippen molar-refractivity contribution in [2.45, 2.75) is 26.8 Å². The van der Waals surface area contributed by atoms with Gasteiger partial charge in [-0.05, 0) is 64.6 Å². The second-order valence-corrected chi connectivity index (χ2v) is 6.42. The maximum Gasteiger partial charge on any atom is 0.252 e. The van der Waals surface area contributed by atoms with Crippen molar-refractivity contribution in [1.29, 1.82) is 0 Å². The average Bonchev–Trinajstić information content (AvgIpc) is 2.86. The fourth-order valence-electron chi connectivity index (χ4n) is 1.92. The largest absolute Gasteiger partial charge is 0.347 e. The Balaban J connectivity index is 2.08. The number of carbonyl (C=O) groups is 1. The van der Waals surface area contributed by atoms with Crippen LogP contribution < -0.4 is 5.32 Å². The highest BCUT2D eigenvalue weighted by Crippen LogP contribution is 2.19. The van der Waals surface area contributed by atoms with Crippen LogP contribution in [0.2, 0.25) is 0 Å². The van der Waals surface area contributed by atoms with E-state index < -0.39 is 0 Å². The predicted octanol–water partition coefficient (Wildman–Crippen LogP) is 4.15. The minimum Gasteiger partial charge on any atom is -0.347 e. The number of amides is 1. The quantitative estimate of drug-likeness (QED) is 0.788. The summed E-state index contributed by atoms with van der Waals surface area (Å²) in [4.78, 5) is 13.4. The summed E-state index contributed by atoms with van der Waals surface area (Å²) in [6.07, 6.45) is 1.01. The van der Waals surface area contributed by atoms with Crippen LogP contribution in [-0.4, -0.2) is 5.91 Å². The molecule has 0 aliphatic heterocycles. The molecule has 0 saturated carbocycles. The van der Waals surface area contributed by atoms with Crippen LogP contribution in [0, 0.1) is 10.5 Å². The third-order valence-electron chi connectivity index (χ3n) is 3.06. The van der Waals surface area contributed by atoms with Gasteiger partial charge in [-0.25, -0.2) is 0 Å². The number of hydrogen-bond acceptors (Lipinski definition) is 2. The molecule has 1 N–H and O–H groups in total. The Morgan fingerprint density at radius 1 is 1.37 bits per heavy atom. The molecular formula is C15H16INOS. The lowest BCUT2D eigenvalue weighted by molar-refractivity contribution is 0.0950. The van der Waals surface area contributed by atoms with Crippen molar-refractivity contribution < 1.29 is 4.79 Å². The molecule has 2 aromatic rings. The van der Waals surface area contributed by atoms with E-state index in [-0.39, 0.29) is 5.91 Å². The predicted molar refractivity (Wildman–Crippen MR) is 88.8 cm³/mol. The Hall–Kier alpha value is -0.880. The molecule has 0 radical (unpaired) electrons. The molecular weight excluding hydrogens is 369 g/mol. The van der Waals surface area contributed by atoms with Gasteiger partial charge in [-0.2, -0.15) is 0 Å². The van der Waals surface area contributed by atoms with Gasteiger partial charge in [0, 0.05) is 8.45 Å². The SMILES string of the molecule is CCc1ccsc1CNC(=O)c1cccc(C)c1I. The number of nitrogens with one attached hydrogen (secondary N) is 1. The molecule has 0 unspecified atom stereocenters. The lowest BCUT2D eigenvalue weighted by atomic mass is 10.1. The summed E-state index contributed by atoms with van der Waals surface area (Å²) in [7, 11) is 0. The van der Waals surface area contributed by atoms with Gasteiger partial charge in [0.25, 0.3) is 5.91 Å². The highest BCUT2D eigenvalue weighted by molar-refractivity contribution is 14.1. The second kappa shape index (κ2) is 6.52. The Morgan fingerprint density at radius 3 is 2.89 bits per heavy atom. The molecule has 1 heterocycles. The zero-order valence-corrected chi connectivity index (χ0v) is 14.0. The van der Waals surface area contributed by atoms with Crippen LogP contribution in [0.4, 0.5) is 0 Å². The zero-order chi connectivity index (χ0) is 13.8. The third kappa shape index (κ3) is 3.36. The summed E-state index contributed by atoms with van der Waals surface area (Å²) in [5, 5.41) is 5.09. The summed E-state index contributed by atoms with van der Waals surface area (Å²) in [6, 6.07) is 7.95. The molecule has 0 bridgehead atoms. The number of benzene rings is 1. The van der Waals surface area contributed by atoms with Crippen LogP contribution in [0.15, 0.2) is 29.6 Å². The summed E-state index contributed by atoms with van der Waals surface area (Å²) >= 11 is 3.93. The standard InChI is InChI=1S/C15H16INOS/c1-3-11-7-8-19-13(11)9-17-15(18)12-6-4-5-10(2)14(12)16/h4-8H,3,9H2,1-2H3,(H,17,18). The molecule has 100 valence electrons. The molecule has 0 fully saturated rings. The van der Waals surface area contributed by atoms with Crippen LogP contribution in [0.5, 0.6) is 0 Å². The van der Waals surface area contributed by atoms with Gasteiger partial charge in [-0.3, -0.25) is 4.79 Å². The molecule has 0 spiro atoms. The van der Waals surface area contributed by atoms with E-state index in [4.69, 9.17) is 0 Å². The molecule has 0 saturated heterocycles. The van der Waals surface area contributed by atoms with Crippen LogP contribution in [0.25, 0.3) is 0 Å². The second-order valence-electron chi connectivity index (χ2n) is 4.34. The zero-order valence-electron chi connectivity index (χ0n) is 11.0. The Kier molecular flexibility index (Phi) is 4.99. The van der Waals surface area contributed by atoms with Crippen molar-refractivity contribution in [2.24, 2.45) is 0 Å². The summed E-state index contributed by atoms with van der Waals surface area (Å²) < 4.78 is 1.03. The van der Waals surface area contributed by atoms with Crippen LogP contribution in [0.3, 0.4) is 0 Å². The summed E-state index contributed by atoms with van der Waals surface area (Å²) in [5.41, 5.74) is 3.22. The van der Waals surface area contributed by atoms with E-state index in [2.05, 4.69) is 46.3 Å². The van der Waals surface area contributed by atoms with Crippen molar-refractivity contribution >= 4 is 39.8 Å². The molecule has 1 aromatic carbocycles. The molecule has 0 aliphatic carbocycles. The summed E-state index contributed by atoms with van der Waals surface area (Å²) in [5.74, 6) is 0.00329. The van der Waals surface area contributed by atoms with Gasteiger partial charge < -0.3 is 5.32 Å². The van der Waals surface area contributed by atoms with Crippen molar-refractivity contribution in [3.05, 3.63) is 54.8 Å². The van der Waals surface area contributed by atoms with Crippen molar-refractivity contribution in [2.75, 3.05) is 0 Å². The van der Waals surface area contributed by atoms with E-state index in [9.17, 15) is 4.79 Å². The van der Waals surface area contributed by atoms with Crippen LogP contribution in [-0.2, 0) is 13.0 Å². The van der Waals surface area contributed by atoms with Gasteiger partial charge >= 0.3 is 0 Å². The van der Waals surface area contributed by atoms with E-state index in [0.29, 0.717) is 6.54 Å². The van der Waals surface area contributed by atoms with Gasteiger partial charge in [0.15, 0.2) is 0 Å². The van der Waals surface area contributed by atoms with Crippen LogP contribution in [0.1, 0.15) is 33.3 Å². The fraction of sp³-hybridized carbons (Fsp3) is 0.267. The Labute approximate surface area is 131 Å². The van der Waals surface area contributed by atoms with Crippen molar-refractivity contribution in [3.63, 3.8) is 0 Å². The highest BCUT2D eigenvalue weighted by atomic mass is 127. The van der Waals surface area contributed by atoms with E-state index >= 15 is 0 Å². The maximum atomic E-state index is 12.2. The fourth-order valence-corrected chi connectivity index (χ4v) is 3.44. The topological polar surface area (TPSA) is 29.1 Å². The lowest BCUT2D eigenvalue weighted by Gasteiger charge is -2.08. The van der Waals surface area contributed by atoms with Gasteiger partial charge in [0.2, 0.25) is 0 Å². The van der Waals surface area contributed by atoms with Gasteiger partial charge in [0.05, 0.1) is 12.1 Å². The maximum absolute atomic E-state index is 12.2. The Morgan fingerprint density at radius 2 is 2.16 bits per heavy atom. The number of thiophene rings is 1. The molecule has 1 aromatic heterocycles. The molecule has 2 nitrogen and oxygen atoms in total.